The SMILES string of the molecule is CCn1ncc(CN2CCCC23CCN(c2cccc(C)n2)CC3)c1C. The van der Waals surface area contributed by atoms with Crippen molar-refractivity contribution in [2.75, 3.05) is 24.5 Å². The molecule has 4 rings (SSSR count). The van der Waals surface area contributed by atoms with Crippen LogP contribution in [0.15, 0.2) is 24.4 Å². The molecule has 0 amide bonds. The van der Waals surface area contributed by atoms with Gasteiger partial charge in [0.2, 0.25) is 0 Å². The van der Waals surface area contributed by atoms with E-state index in [4.69, 9.17) is 4.98 Å². The number of likely N-dealkylation sites (tertiary alicyclic amines) is 1. The van der Waals surface area contributed by atoms with Crippen LogP contribution in [0.1, 0.15) is 49.6 Å². The van der Waals surface area contributed by atoms with Crippen LogP contribution in [0, 0.1) is 13.8 Å². The van der Waals surface area contributed by atoms with E-state index >= 15 is 0 Å². The molecule has 0 N–H and O–H groups in total. The van der Waals surface area contributed by atoms with Crippen LogP contribution >= 0.6 is 0 Å². The highest BCUT2D eigenvalue weighted by atomic mass is 15.3. The standard InChI is InChI=1S/C21H31N5/c1-4-26-18(3)19(15-22-26)16-25-12-6-9-21(25)10-13-24(14-11-21)20-8-5-7-17(2)23-20/h5,7-8,15H,4,6,9-14,16H2,1-3H3. The van der Waals surface area contributed by atoms with Gasteiger partial charge in [0, 0.05) is 48.7 Å². The Morgan fingerprint density at radius 1 is 1.08 bits per heavy atom. The Morgan fingerprint density at radius 2 is 1.88 bits per heavy atom. The molecule has 2 aromatic rings. The van der Waals surface area contributed by atoms with Crippen LogP contribution in [0.5, 0.6) is 0 Å². The molecular formula is C21H31N5. The van der Waals surface area contributed by atoms with Crippen molar-refractivity contribution in [2.45, 2.75) is 65.1 Å². The van der Waals surface area contributed by atoms with Gasteiger partial charge in [0.25, 0.3) is 0 Å². The van der Waals surface area contributed by atoms with E-state index in [9.17, 15) is 0 Å². The Bertz CT molecular complexity index is 758. The summed E-state index contributed by atoms with van der Waals surface area (Å²) in [5.74, 6) is 1.14. The Morgan fingerprint density at radius 3 is 2.58 bits per heavy atom. The van der Waals surface area contributed by atoms with Crippen LogP contribution in [0.25, 0.3) is 0 Å². The lowest BCUT2D eigenvalue weighted by molar-refractivity contribution is 0.0994. The van der Waals surface area contributed by atoms with Gasteiger partial charge in [-0.1, -0.05) is 6.07 Å². The van der Waals surface area contributed by atoms with Gasteiger partial charge >= 0.3 is 0 Å². The molecule has 26 heavy (non-hydrogen) atoms. The molecule has 2 fully saturated rings. The zero-order chi connectivity index (χ0) is 18.1. The number of anilines is 1. The van der Waals surface area contributed by atoms with Crippen molar-refractivity contribution in [3.8, 4) is 0 Å². The van der Waals surface area contributed by atoms with E-state index in [-0.39, 0.29) is 0 Å². The molecule has 0 aliphatic carbocycles. The molecule has 0 saturated carbocycles. The second kappa shape index (κ2) is 7.03. The van der Waals surface area contributed by atoms with Crippen LogP contribution in [0.4, 0.5) is 5.82 Å². The van der Waals surface area contributed by atoms with Crippen LogP contribution in [-0.4, -0.2) is 44.8 Å². The summed E-state index contributed by atoms with van der Waals surface area (Å²) in [6.45, 7) is 11.9. The van der Waals surface area contributed by atoms with Crippen LogP contribution in [0.3, 0.4) is 0 Å². The van der Waals surface area contributed by atoms with E-state index in [0.29, 0.717) is 5.54 Å². The Labute approximate surface area is 157 Å². The predicted molar refractivity (Wildman–Crippen MR) is 105 cm³/mol. The summed E-state index contributed by atoms with van der Waals surface area (Å²) in [5, 5.41) is 4.54. The molecule has 2 saturated heterocycles. The van der Waals surface area contributed by atoms with Gasteiger partial charge in [-0.05, 0) is 65.1 Å². The highest BCUT2D eigenvalue weighted by Gasteiger charge is 2.43. The third-order valence-corrected chi connectivity index (χ3v) is 6.50. The molecule has 0 unspecified atom stereocenters. The number of piperidine rings is 1. The molecule has 140 valence electrons. The summed E-state index contributed by atoms with van der Waals surface area (Å²) < 4.78 is 2.12. The van der Waals surface area contributed by atoms with Crippen molar-refractivity contribution in [2.24, 2.45) is 0 Å². The third kappa shape index (κ3) is 3.13. The second-order valence-corrected chi connectivity index (χ2v) is 7.94. The monoisotopic (exact) mass is 353 g/mol. The normalized spacial score (nSPS) is 20.2. The lowest BCUT2D eigenvalue weighted by Crippen LogP contribution is -2.52. The summed E-state index contributed by atoms with van der Waals surface area (Å²) in [7, 11) is 0. The summed E-state index contributed by atoms with van der Waals surface area (Å²) in [6, 6.07) is 6.35. The molecule has 5 heteroatoms. The van der Waals surface area contributed by atoms with Crippen LogP contribution in [0.2, 0.25) is 0 Å². The highest BCUT2D eigenvalue weighted by molar-refractivity contribution is 5.40. The van der Waals surface area contributed by atoms with E-state index in [1.54, 1.807) is 0 Å². The molecule has 0 aromatic carbocycles. The molecule has 2 aliphatic heterocycles. The fraction of sp³-hybridized carbons (Fsp3) is 0.619. The average molecular weight is 354 g/mol. The van der Waals surface area contributed by atoms with Crippen molar-refractivity contribution in [1.82, 2.24) is 19.7 Å². The summed E-state index contributed by atoms with van der Waals surface area (Å²) in [5.41, 5.74) is 4.21. The zero-order valence-electron chi connectivity index (χ0n) is 16.4. The van der Waals surface area contributed by atoms with Crippen molar-refractivity contribution in [3.63, 3.8) is 0 Å². The number of hydrogen-bond acceptors (Lipinski definition) is 4. The molecule has 4 heterocycles. The summed E-state index contributed by atoms with van der Waals surface area (Å²) in [4.78, 5) is 9.94. The topological polar surface area (TPSA) is 37.2 Å². The fourth-order valence-electron chi connectivity index (χ4n) is 4.83. The first-order valence-corrected chi connectivity index (χ1v) is 10.1. The van der Waals surface area contributed by atoms with Gasteiger partial charge < -0.3 is 4.90 Å². The van der Waals surface area contributed by atoms with Gasteiger partial charge in [-0.15, -0.1) is 0 Å². The van der Waals surface area contributed by atoms with Gasteiger partial charge in [0.1, 0.15) is 5.82 Å². The van der Waals surface area contributed by atoms with E-state index < -0.39 is 0 Å². The smallest absolute Gasteiger partial charge is 0.128 e. The van der Waals surface area contributed by atoms with Gasteiger partial charge in [0.15, 0.2) is 0 Å². The molecule has 0 atom stereocenters. The maximum Gasteiger partial charge on any atom is 0.128 e. The first-order chi connectivity index (χ1) is 12.6. The first kappa shape index (κ1) is 17.5. The maximum atomic E-state index is 4.72. The molecule has 1 spiro atoms. The fourth-order valence-corrected chi connectivity index (χ4v) is 4.83. The summed E-state index contributed by atoms with van der Waals surface area (Å²) in [6.07, 6.45) is 7.22. The largest absolute Gasteiger partial charge is 0.356 e. The number of pyridine rings is 1. The lowest BCUT2D eigenvalue weighted by Gasteiger charge is -2.45. The van der Waals surface area contributed by atoms with E-state index in [1.165, 1.54) is 43.5 Å². The van der Waals surface area contributed by atoms with E-state index in [0.717, 1.165) is 37.7 Å². The van der Waals surface area contributed by atoms with Gasteiger partial charge in [-0.3, -0.25) is 9.58 Å². The molecule has 2 aromatic heterocycles. The minimum Gasteiger partial charge on any atom is -0.356 e. The number of aryl methyl sites for hydroxylation is 2. The maximum absolute atomic E-state index is 4.72. The van der Waals surface area contributed by atoms with E-state index in [1.807, 2.05) is 0 Å². The van der Waals surface area contributed by atoms with Gasteiger partial charge in [-0.25, -0.2) is 4.98 Å². The predicted octanol–water partition coefficient (Wildman–Crippen LogP) is 3.55. The molecule has 2 aliphatic rings. The van der Waals surface area contributed by atoms with Gasteiger partial charge in [-0.2, -0.15) is 5.10 Å². The van der Waals surface area contributed by atoms with Crippen LogP contribution < -0.4 is 4.90 Å². The zero-order valence-corrected chi connectivity index (χ0v) is 16.4. The van der Waals surface area contributed by atoms with Crippen molar-refractivity contribution < 1.29 is 0 Å². The Balaban J connectivity index is 1.45. The lowest BCUT2D eigenvalue weighted by atomic mass is 9.84. The molecule has 0 bridgehead atoms. The van der Waals surface area contributed by atoms with Crippen molar-refractivity contribution >= 4 is 5.82 Å². The highest BCUT2D eigenvalue weighted by Crippen LogP contribution is 2.40. The number of nitrogens with zero attached hydrogens (tertiary/aromatic N) is 5. The number of rotatable bonds is 4. The molecule has 5 nitrogen and oxygen atoms in total. The van der Waals surface area contributed by atoms with Crippen molar-refractivity contribution in [3.05, 3.63) is 41.3 Å². The third-order valence-electron chi connectivity index (χ3n) is 6.50. The molecule has 0 radical (unpaired) electrons. The quantitative estimate of drug-likeness (QED) is 0.842. The summed E-state index contributed by atoms with van der Waals surface area (Å²) >= 11 is 0. The van der Waals surface area contributed by atoms with Crippen molar-refractivity contribution in [1.29, 1.82) is 0 Å². The second-order valence-electron chi connectivity index (χ2n) is 7.94. The molecular weight excluding hydrogens is 322 g/mol. The van der Waals surface area contributed by atoms with Gasteiger partial charge in [0.05, 0.1) is 6.20 Å². The average Bonchev–Trinajstić information content (AvgIpc) is 3.20. The Hall–Kier alpha value is -1.88. The first-order valence-electron chi connectivity index (χ1n) is 10.1. The number of hydrogen-bond donors (Lipinski definition) is 0. The minimum atomic E-state index is 0.376. The van der Waals surface area contributed by atoms with Crippen LogP contribution in [-0.2, 0) is 13.1 Å². The van der Waals surface area contributed by atoms with E-state index in [2.05, 4.69) is 64.7 Å². The Kier molecular flexibility index (Phi) is 4.74. The number of aromatic nitrogens is 3. The minimum absolute atomic E-state index is 0.376.